The molecule has 1 aromatic rings. The van der Waals surface area contributed by atoms with Crippen molar-refractivity contribution in [2.24, 2.45) is 5.73 Å². The molecule has 2 rings (SSSR count). The Morgan fingerprint density at radius 1 is 1.67 bits per heavy atom. The van der Waals surface area contributed by atoms with Crippen molar-refractivity contribution in [1.29, 1.82) is 0 Å². The van der Waals surface area contributed by atoms with Gasteiger partial charge in [0.25, 0.3) is 0 Å². The highest BCUT2D eigenvalue weighted by molar-refractivity contribution is 5.11. The van der Waals surface area contributed by atoms with Gasteiger partial charge in [-0.3, -0.25) is 0 Å². The number of nitrogens with zero attached hydrogens (tertiary/aromatic N) is 2. The van der Waals surface area contributed by atoms with Gasteiger partial charge in [-0.25, -0.2) is 0 Å². The molecule has 2 N–H and O–H groups in total. The molecule has 5 nitrogen and oxygen atoms in total. The smallest absolute Gasteiger partial charge is 0.246 e. The molecule has 0 aliphatic heterocycles. The Balaban J connectivity index is 2.13. The van der Waals surface area contributed by atoms with Gasteiger partial charge in [0.05, 0.1) is 5.54 Å². The molecule has 5 heteroatoms. The molecule has 66 valence electrons. The van der Waals surface area contributed by atoms with Crippen LogP contribution in [-0.4, -0.2) is 17.3 Å². The monoisotopic (exact) mass is 169 g/mol. The maximum Gasteiger partial charge on any atom is 0.246 e. The highest BCUT2D eigenvalue weighted by atomic mass is 16.5. The second-order valence-corrected chi connectivity index (χ2v) is 3.10. The first kappa shape index (κ1) is 7.70. The van der Waals surface area contributed by atoms with Crippen molar-refractivity contribution in [3.05, 3.63) is 11.7 Å². The molecule has 1 aliphatic carbocycles. The number of nitrogens with two attached hydrogens (primary N) is 1. The summed E-state index contributed by atoms with van der Waals surface area (Å²) in [5, 5.41) is 3.72. The van der Waals surface area contributed by atoms with Crippen molar-refractivity contribution < 1.29 is 9.26 Å². The number of aromatic nitrogens is 2. The van der Waals surface area contributed by atoms with Gasteiger partial charge in [-0.2, -0.15) is 4.98 Å². The average Bonchev–Trinajstić information content (AvgIpc) is 2.64. The molecule has 1 fully saturated rings. The molecule has 0 saturated heterocycles. The quantitative estimate of drug-likeness (QED) is 0.697. The molecule has 1 aliphatic rings. The van der Waals surface area contributed by atoms with E-state index in [0.29, 0.717) is 18.3 Å². The zero-order valence-corrected chi connectivity index (χ0v) is 6.91. The topological polar surface area (TPSA) is 74.2 Å². The SMILES string of the molecule is COCc1noc(C2(N)CC2)n1. The first-order valence-corrected chi connectivity index (χ1v) is 3.85. The van der Waals surface area contributed by atoms with E-state index in [1.807, 2.05) is 0 Å². The molecule has 0 bridgehead atoms. The molecule has 0 radical (unpaired) electrons. The standard InChI is InChI=1S/C7H11N3O2/c1-11-4-5-9-6(12-10-5)7(8)2-3-7/h2-4,8H2,1H3. The average molecular weight is 169 g/mol. The molecule has 1 saturated carbocycles. The van der Waals surface area contributed by atoms with Gasteiger partial charge in [0.1, 0.15) is 6.61 Å². The van der Waals surface area contributed by atoms with Crippen LogP contribution in [0.4, 0.5) is 0 Å². The fraction of sp³-hybridized carbons (Fsp3) is 0.714. The lowest BCUT2D eigenvalue weighted by atomic mass is 10.3. The van der Waals surface area contributed by atoms with E-state index >= 15 is 0 Å². The Morgan fingerprint density at radius 2 is 2.42 bits per heavy atom. The predicted molar refractivity (Wildman–Crippen MR) is 40.1 cm³/mol. The third kappa shape index (κ3) is 1.21. The lowest BCUT2D eigenvalue weighted by Crippen LogP contribution is -2.19. The van der Waals surface area contributed by atoms with Crippen LogP contribution in [0, 0.1) is 0 Å². The number of rotatable bonds is 3. The molecule has 1 aromatic heterocycles. The maximum atomic E-state index is 5.84. The third-order valence-electron chi connectivity index (χ3n) is 1.96. The molecule has 1 heterocycles. The molecule has 0 amide bonds. The van der Waals surface area contributed by atoms with Crippen LogP contribution in [0.25, 0.3) is 0 Å². The molecule has 0 unspecified atom stereocenters. The van der Waals surface area contributed by atoms with E-state index in [9.17, 15) is 0 Å². The minimum absolute atomic E-state index is 0.334. The molecule has 0 aromatic carbocycles. The van der Waals surface area contributed by atoms with E-state index in [2.05, 4.69) is 10.1 Å². The highest BCUT2D eigenvalue weighted by Crippen LogP contribution is 2.41. The van der Waals surface area contributed by atoms with Gasteiger partial charge in [-0.1, -0.05) is 5.16 Å². The molecule has 0 spiro atoms. The molecular weight excluding hydrogens is 158 g/mol. The molecular formula is C7H11N3O2. The summed E-state index contributed by atoms with van der Waals surface area (Å²) in [5.41, 5.74) is 5.51. The van der Waals surface area contributed by atoms with Gasteiger partial charge in [-0.15, -0.1) is 0 Å². The Kier molecular flexibility index (Phi) is 1.62. The summed E-state index contributed by atoms with van der Waals surface area (Å²) in [4.78, 5) is 4.11. The van der Waals surface area contributed by atoms with E-state index in [-0.39, 0.29) is 5.54 Å². The second kappa shape index (κ2) is 2.53. The van der Waals surface area contributed by atoms with Crippen LogP contribution in [0.2, 0.25) is 0 Å². The van der Waals surface area contributed by atoms with Crippen LogP contribution in [0.15, 0.2) is 4.52 Å². The lowest BCUT2D eigenvalue weighted by molar-refractivity contribution is 0.174. The Morgan fingerprint density at radius 3 is 3.00 bits per heavy atom. The maximum absolute atomic E-state index is 5.84. The second-order valence-electron chi connectivity index (χ2n) is 3.10. The van der Waals surface area contributed by atoms with E-state index < -0.39 is 0 Å². The Hall–Kier alpha value is -0.940. The summed E-state index contributed by atoms with van der Waals surface area (Å²) >= 11 is 0. The van der Waals surface area contributed by atoms with Crippen LogP contribution in [0.1, 0.15) is 24.6 Å². The van der Waals surface area contributed by atoms with Crippen LogP contribution >= 0.6 is 0 Å². The lowest BCUT2D eigenvalue weighted by Gasteiger charge is -1.97. The minimum Gasteiger partial charge on any atom is -0.377 e. The summed E-state index contributed by atoms with van der Waals surface area (Å²) in [6, 6.07) is 0. The van der Waals surface area contributed by atoms with Gasteiger partial charge in [-0.05, 0) is 12.8 Å². The van der Waals surface area contributed by atoms with Gasteiger partial charge >= 0.3 is 0 Å². The summed E-state index contributed by atoms with van der Waals surface area (Å²) in [6.07, 6.45) is 1.86. The summed E-state index contributed by atoms with van der Waals surface area (Å²) in [5.74, 6) is 1.10. The summed E-state index contributed by atoms with van der Waals surface area (Å²) in [6.45, 7) is 0.375. The van der Waals surface area contributed by atoms with E-state index in [1.54, 1.807) is 7.11 Å². The van der Waals surface area contributed by atoms with E-state index in [1.165, 1.54) is 0 Å². The summed E-state index contributed by atoms with van der Waals surface area (Å²) in [7, 11) is 1.59. The Bertz CT molecular complexity index is 280. The normalized spacial score (nSPS) is 19.5. The molecule has 12 heavy (non-hydrogen) atoms. The van der Waals surface area contributed by atoms with Gasteiger partial charge in [0.2, 0.25) is 5.89 Å². The van der Waals surface area contributed by atoms with Crippen LogP contribution in [0.3, 0.4) is 0 Å². The van der Waals surface area contributed by atoms with Gasteiger partial charge < -0.3 is 15.0 Å². The number of methoxy groups -OCH3 is 1. The predicted octanol–water partition coefficient (Wildman–Crippen LogP) is 0.164. The molecule has 0 atom stereocenters. The van der Waals surface area contributed by atoms with E-state index in [0.717, 1.165) is 12.8 Å². The van der Waals surface area contributed by atoms with Crippen molar-refractivity contribution >= 4 is 0 Å². The number of hydrogen-bond donors (Lipinski definition) is 1. The highest BCUT2D eigenvalue weighted by Gasteiger charge is 2.45. The van der Waals surface area contributed by atoms with Crippen molar-refractivity contribution in [2.75, 3.05) is 7.11 Å². The summed E-state index contributed by atoms with van der Waals surface area (Å²) < 4.78 is 9.83. The minimum atomic E-state index is -0.334. The van der Waals surface area contributed by atoms with Crippen molar-refractivity contribution in [3.63, 3.8) is 0 Å². The van der Waals surface area contributed by atoms with Crippen molar-refractivity contribution in [3.8, 4) is 0 Å². The largest absolute Gasteiger partial charge is 0.377 e. The van der Waals surface area contributed by atoms with Crippen LogP contribution in [-0.2, 0) is 16.9 Å². The zero-order valence-electron chi connectivity index (χ0n) is 6.91. The zero-order chi connectivity index (χ0) is 8.60. The fourth-order valence-corrected chi connectivity index (χ4v) is 0.992. The Labute approximate surface area is 69.9 Å². The van der Waals surface area contributed by atoms with Crippen LogP contribution < -0.4 is 5.73 Å². The first-order valence-electron chi connectivity index (χ1n) is 3.85. The van der Waals surface area contributed by atoms with Crippen molar-refractivity contribution in [1.82, 2.24) is 10.1 Å². The van der Waals surface area contributed by atoms with Crippen molar-refractivity contribution in [2.45, 2.75) is 25.0 Å². The van der Waals surface area contributed by atoms with E-state index in [4.69, 9.17) is 15.0 Å². The van der Waals surface area contributed by atoms with Gasteiger partial charge in [0.15, 0.2) is 5.82 Å². The number of hydrogen-bond acceptors (Lipinski definition) is 5. The first-order chi connectivity index (χ1) is 5.74. The third-order valence-corrected chi connectivity index (χ3v) is 1.96. The van der Waals surface area contributed by atoms with Gasteiger partial charge in [0, 0.05) is 7.11 Å². The fourth-order valence-electron chi connectivity index (χ4n) is 0.992. The number of ether oxygens (including phenoxy) is 1. The van der Waals surface area contributed by atoms with Crippen LogP contribution in [0.5, 0.6) is 0 Å².